The van der Waals surface area contributed by atoms with Crippen molar-refractivity contribution in [3.63, 3.8) is 0 Å². The first-order valence-corrected chi connectivity index (χ1v) is 6.47. The molecule has 1 rings (SSSR count). The van der Waals surface area contributed by atoms with Gasteiger partial charge in [0.15, 0.2) is 0 Å². The Morgan fingerprint density at radius 1 is 1.54 bits per heavy atom. The second-order valence-corrected chi connectivity index (χ2v) is 4.44. The van der Waals surface area contributed by atoms with Crippen molar-refractivity contribution in [1.82, 2.24) is 4.90 Å². The lowest BCUT2D eigenvalue weighted by molar-refractivity contribution is -0.132. The normalized spacial score (nSPS) is 23.2. The van der Waals surface area contributed by atoms with Gasteiger partial charge in [0.2, 0.25) is 5.91 Å². The van der Waals surface area contributed by atoms with Gasteiger partial charge in [0, 0.05) is 12.6 Å². The summed E-state index contributed by atoms with van der Waals surface area (Å²) in [6.45, 7) is 3.16. The maximum atomic E-state index is 11.7. The lowest BCUT2D eigenvalue weighted by Gasteiger charge is -2.35. The molecular weight excluding hydrogens is 182 g/mol. The van der Waals surface area contributed by atoms with Crippen LogP contribution >= 0.6 is 11.8 Å². The highest BCUT2D eigenvalue weighted by Crippen LogP contribution is 2.20. The fraction of sp³-hybridized carbons (Fsp3) is 0.900. The van der Waals surface area contributed by atoms with Gasteiger partial charge in [-0.25, -0.2) is 0 Å². The van der Waals surface area contributed by atoms with Crippen molar-refractivity contribution in [2.45, 2.75) is 38.6 Å². The molecule has 1 atom stereocenters. The minimum absolute atomic E-state index is 0.332. The minimum atomic E-state index is 0.332. The van der Waals surface area contributed by atoms with Crippen LogP contribution < -0.4 is 0 Å². The molecular formula is C10H19NOS. The van der Waals surface area contributed by atoms with Crippen LogP contribution in [0.5, 0.6) is 0 Å². The van der Waals surface area contributed by atoms with Gasteiger partial charge >= 0.3 is 0 Å². The van der Waals surface area contributed by atoms with E-state index < -0.39 is 0 Å². The Labute approximate surface area is 85.1 Å². The van der Waals surface area contributed by atoms with E-state index in [1.54, 1.807) is 11.8 Å². The van der Waals surface area contributed by atoms with Crippen molar-refractivity contribution in [1.29, 1.82) is 0 Å². The predicted molar refractivity (Wildman–Crippen MR) is 58.0 cm³/mol. The highest BCUT2D eigenvalue weighted by molar-refractivity contribution is 7.99. The van der Waals surface area contributed by atoms with Gasteiger partial charge in [-0.15, -0.1) is 0 Å². The van der Waals surface area contributed by atoms with Crippen LogP contribution in [-0.4, -0.2) is 35.4 Å². The maximum absolute atomic E-state index is 11.7. The third-order valence-corrected chi connectivity index (χ3v) is 3.22. The molecule has 0 aromatic carbocycles. The third-order valence-electron chi connectivity index (χ3n) is 2.69. The largest absolute Gasteiger partial charge is 0.339 e. The number of carbonyl (C=O) groups excluding carboxylic acids is 1. The standard InChI is InChI=1S/C10H19NOS/c1-3-9-6-4-5-7-11(9)10(12)8-13-2/h9H,3-8H2,1-2H3. The van der Waals surface area contributed by atoms with Crippen LogP contribution in [-0.2, 0) is 4.79 Å². The highest BCUT2D eigenvalue weighted by Gasteiger charge is 2.24. The van der Waals surface area contributed by atoms with E-state index in [0.717, 1.165) is 13.0 Å². The zero-order valence-corrected chi connectivity index (χ0v) is 9.40. The average Bonchev–Trinajstić information content (AvgIpc) is 2.18. The molecule has 0 aromatic rings. The van der Waals surface area contributed by atoms with Gasteiger partial charge in [0.1, 0.15) is 0 Å². The molecule has 3 heteroatoms. The zero-order valence-electron chi connectivity index (χ0n) is 8.58. The van der Waals surface area contributed by atoms with Crippen molar-refractivity contribution in [3.05, 3.63) is 0 Å². The molecule has 0 radical (unpaired) electrons. The minimum Gasteiger partial charge on any atom is -0.339 e. The van der Waals surface area contributed by atoms with Crippen molar-refractivity contribution in [2.24, 2.45) is 0 Å². The quantitative estimate of drug-likeness (QED) is 0.697. The molecule has 0 spiro atoms. The van der Waals surface area contributed by atoms with E-state index in [-0.39, 0.29) is 0 Å². The summed E-state index contributed by atoms with van der Waals surface area (Å²) < 4.78 is 0. The molecule has 1 aliphatic rings. The van der Waals surface area contributed by atoms with Gasteiger partial charge < -0.3 is 4.90 Å². The number of hydrogen-bond donors (Lipinski definition) is 0. The van der Waals surface area contributed by atoms with Crippen molar-refractivity contribution < 1.29 is 4.79 Å². The topological polar surface area (TPSA) is 20.3 Å². The Morgan fingerprint density at radius 2 is 2.31 bits per heavy atom. The monoisotopic (exact) mass is 201 g/mol. The first-order valence-electron chi connectivity index (χ1n) is 5.08. The molecule has 2 nitrogen and oxygen atoms in total. The van der Waals surface area contributed by atoms with E-state index in [1.165, 1.54) is 19.3 Å². The third kappa shape index (κ3) is 2.90. The molecule has 1 aliphatic heterocycles. The van der Waals surface area contributed by atoms with Gasteiger partial charge in [-0.3, -0.25) is 4.79 Å². The lowest BCUT2D eigenvalue weighted by Crippen LogP contribution is -2.44. The summed E-state index contributed by atoms with van der Waals surface area (Å²) in [5.41, 5.74) is 0. The molecule has 1 saturated heterocycles. The van der Waals surface area contributed by atoms with E-state index in [4.69, 9.17) is 0 Å². The van der Waals surface area contributed by atoms with Crippen molar-refractivity contribution in [3.8, 4) is 0 Å². The van der Waals surface area contributed by atoms with E-state index in [2.05, 4.69) is 11.8 Å². The summed E-state index contributed by atoms with van der Waals surface area (Å²) in [6.07, 6.45) is 6.79. The Hall–Kier alpha value is -0.180. The number of likely N-dealkylation sites (tertiary alicyclic amines) is 1. The van der Waals surface area contributed by atoms with E-state index in [1.807, 2.05) is 6.26 Å². The van der Waals surface area contributed by atoms with E-state index >= 15 is 0 Å². The number of rotatable bonds is 3. The highest BCUT2D eigenvalue weighted by atomic mass is 32.2. The number of piperidine rings is 1. The Balaban J connectivity index is 2.48. The summed E-state index contributed by atoms with van der Waals surface area (Å²) >= 11 is 1.62. The summed E-state index contributed by atoms with van der Waals surface area (Å²) in [4.78, 5) is 13.8. The van der Waals surface area contributed by atoms with Gasteiger partial charge in [0.25, 0.3) is 0 Å². The average molecular weight is 201 g/mol. The Bertz CT molecular complexity index is 172. The molecule has 1 heterocycles. The van der Waals surface area contributed by atoms with Crippen LogP contribution in [0.2, 0.25) is 0 Å². The number of amides is 1. The van der Waals surface area contributed by atoms with E-state index in [9.17, 15) is 4.79 Å². The molecule has 0 aromatic heterocycles. The molecule has 1 amide bonds. The summed E-state index contributed by atoms with van der Waals surface area (Å²) in [7, 11) is 0. The Kier molecular flexibility index (Phi) is 4.64. The molecule has 1 fully saturated rings. The molecule has 13 heavy (non-hydrogen) atoms. The molecule has 0 aliphatic carbocycles. The van der Waals surface area contributed by atoms with E-state index in [0.29, 0.717) is 17.7 Å². The van der Waals surface area contributed by atoms with Crippen LogP contribution in [0.1, 0.15) is 32.6 Å². The second-order valence-electron chi connectivity index (χ2n) is 3.58. The van der Waals surface area contributed by atoms with Crippen LogP contribution in [0.4, 0.5) is 0 Å². The lowest BCUT2D eigenvalue weighted by atomic mass is 10.0. The first kappa shape index (κ1) is 10.9. The second kappa shape index (κ2) is 5.53. The van der Waals surface area contributed by atoms with Crippen LogP contribution in [0.25, 0.3) is 0 Å². The van der Waals surface area contributed by atoms with Gasteiger partial charge in [-0.1, -0.05) is 6.92 Å². The zero-order chi connectivity index (χ0) is 9.68. The number of hydrogen-bond acceptors (Lipinski definition) is 2. The van der Waals surface area contributed by atoms with Gasteiger partial charge in [-0.2, -0.15) is 11.8 Å². The molecule has 76 valence electrons. The molecule has 1 unspecified atom stereocenters. The van der Waals surface area contributed by atoms with Gasteiger partial charge in [0.05, 0.1) is 5.75 Å². The molecule has 0 saturated carbocycles. The number of nitrogens with zero attached hydrogens (tertiary/aromatic N) is 1. The van der Waals surface area contributed by atoms with Crippen molar-refractivity contribution in [2.75, 3.05) is 18.6 Å². The molecule has 0 N–H and O–H groups in total. The summed E-state index contributed by atoms with van der Waals surface area (Å²) in [5.74, 6) is 0.982. The predicted octanol–water partition coefficient (Wildman–Crippen LogP) is 2.14. The van der Waals surface area contributed by atoms with Gasteiger partial charge in [-0.05, 0) is 31.9 Å². The first-order chi connectivity index (χ1) is 6.29. The molecule has 0 bridgehead atoms. The fourth-order valence-electron chi connectivity index (χ4n) is 1.96. The maximum Gasteiger partial charge on any atom is 0.232 e. The number of thioether (sulfide) groups is 1. The Morgan fingerprint density at radius 3 is 2.92 bits per heavy atom. The van der Waals surface area contributed by atoms with Crippen LogP contribution in [0, 0.1) is 0 Å². The number of carbonyl (C=O) groups is 1. The summed E-state index contributed by atoms with van der Waals surface area (Å²) in [5, 5.41) is 0. The summed E-state index contributed by atoms with van der Waals surface area (Å²) in [6, 6.07) is 0.522. The van der Waals surface area contributed by atoms with Crippen LogP contribution in [0.15, 0.2) is 0 Å². The fourth-order valence-corrected chi connectivity index (χ4v) is 2.37. The van der Waals surface area contributed by atoms with Crippen LogP contribution in [0.3, 0.4) is 0 Å². The smallest absolute Gasteiger partial charge is 0.232 e. The van der Waals surface area contributed by atoms with Crippen molar-refractivity contribution >= 4 is 17.7 Å². The SMILES string of the molecule is CCC1CCCCN1C(=O)CSC.